The quantitative estimate of drug-likeness (QED) is 0.639. The number of rotatable bonds is 0. The zero-order chi connectivity index (χ0) is 10.3. The van der Waals surface area contributed by atoms with Gasteiger partial charge in [-0.15, -0.1) is 0 Å². The van der Waals surface area contributed by atoms with Crippen LogP contribution in [0.3, 0.4) is 0 Å². The molecule has 2 heterocycles. The fraction of sp³-hybridized carbons (Fsp3) is 0.167. The number of nitrogens with zero attached hydrogens (tertiary/aromatic N) is 1. The van der Waals surface area contributed by atoms with Gasteiger partial charge in [-0.1, -0.05) is 12.1 Å². The Kier molecular flexibility index (Phi) is 1.71. The number of hydrogen-bond acceptors (Lipinski definition) is 3. The Hall–Kier alpha value is -1.90. The van der Waals surface area contributed by atoms with Crippen molar-refractivity contribution in [3.63, 3.8) is 0 Å². The first kappa shape index (κ1) is 8.41. The van der Waals surface area contributed by atoms with E-state index in [1.807, 2.05) is 18.2 Å². The molecular weight excluding hydrogens is 190 g/mol. The maximum absolute atomic E-state index is 12.1. The summed E-state index contributed by atoms with van der Waals surface area (Å²) in [5, 5.41) is 0. The monoisotopic (exact) mass is 199 g/mol. The van der Waals surface area contributed by atoms with Crippen LogP contribution in [0.25, 0.3) is 0 Å². The Morgan fingerprint density at radius 2 is 2.20 bits per heavy atom. The molecule has 2 aliphatic heterocycles. The predicted octanol–water partition coefficient (Wildman–Crippen LogP) is 1.85. The van der Waals surface area contributed by atoms with Gasteiger partial charge in [-0.3, -0.25) is 9.79 Å². The molecule has 0 amide bonds. The summed E-state index contributed by atoms with van der Waals surface area (Å²) >= 11 is 0. The third kappa shape index (κ3) is 1.20. The lowest BCUT2D eigenvalue weighted by molar-refractivity contribution is 0.0896. The number of fused-ring (bicyclic) bond motifs is 2. The number of dihydropyridines is 1. The summed E-state index contributed by atoms with van der Waals surface area (Å²) in [4.78, 5) is 16.1. The lowest BCUT2D eigenvalue weighted by atomic mass is 9.91. The molecule has 15 heavy (non-hydrogen) atoms. The number of benzene rings is 1. The number of Topliss-reactive ketones (excluding diaryl/α,β-unsaturated/α-hetero) is 1. The van der Waals surface area contributed by atoms with Crippen LogP contribution in [0.2, 0.25) is 0 Å². The van der Waals surface area contributed by atoms with Gasteiger partial charge in [0.25, 0.3) is 0 Å². The molecule has 1 atom stereocenters. The van der Waals surface area contributed by atoms with Crippen LogP contribution < -0.4 is 4.74 Å². The van der Waals surface area contributed by atoms with E-state index in [0.717, 1.165) is 0 Å². The molecule has 0 saturated carbocycles. The van der Waals surface area contributed by atoms with E-state index < -0.39 is 0 Å². The topological polar surface area (TPSA) is 38.7 Å². The van der Waals surface area contributed by atoms with E-state index in [1.165, 1.54) is 0 Å². The second-order valence-corrected chi connectivity index (χ2v) is 3.60. The first-order valence-electron chi connectivity index (χ1n) is 4.87. The summed E-state index contributed by atoms with van der Waals surface area (Å²) in [7, 11) is 0. The Balaban J connectivity index is 2.14. The summed E-state index contributed by atoms with van der Waals surface area (Å²) in [6.45, 7) is 0.499. The highest BCUT2D eigenvalue weighted by Crippen LogP contribution is 2.33. The fourth-order valence-electron chi connectivity index (χ4n) is 1.89. The number of carbonyl (C=O) groups excluding carboxylic acids is 1. The molecule has 0 saturated heterocycles. The van der Waals surface area contributed by atoms with Crippen molar-refractivity contribution in [2.24, 2.45) is 10.9 Å². The molecule has 0 spiro atoms. The van der Waals surface area contributed by atoms with Crippen molar-refractivity contribution in [1.29, 1.82) is 0 Å². The van der Waals surface area contributed by atoms with Crippen LogP contribution in [0, 0.1) is 5.92 Å². The Labute approximate surface area is 87.1 Å². The first-order valence-corrected chi connectivity index (χ1v) is 4.87. The summed E-state index contributed by atoms with van der Waals surface area (Å²) in [6, 6.07) is 7.33. The van der Waals surface area contributed by atoms with E-state index >= 15 is 0 Å². The van der Waals surface area contributed by atoms with Crippen molar-refractivity contribution >= 4 is 12.0 Å². The second kappa shape index (κ2) is 3.05. The molecule has 1 unspecified atom stereocenters. The number of ketones is 1. The Morgan fingerprint density at radius 3 is 3.13 bits per heavy atom. The zero-order valence-electron chi connectivity index (χ0n) is 8.01. The molecule has 3 nitrogen and oxygen atoms in total. The third-order valence-electron chi connectivity index (χ3n) is 2.67. The molecule has 0 N–H and O–H groups in total. The van der Waals surface area contributed by atoms with Gasteiger partial charge in [0.05, 0.1) is 12.1 Å². The number of ether oxygens (including phenoxy) is 1. The van der Waals surface area contributed by atoms with Crippen molar-refractivity contribution in [3.05, 3.63) is 41.7 Å². The highest BCUT2D eigenvalue weighted by molar-refractivity contribution is 6.04. The normalized spacial score (nSPS) is 22.5. The van der Waals surface area contributed by atoms with E-state index in [9.17, 15) is 4.79 Å². The minimum Gasteiger partial charge on any atom is -0.460 e. The van der Waals surface area contributed by atoms with Gasteiger partial charge in [-0.25, -0.2) is 0 Å². The first-order chi connectivity index (χ1) is 7.36. The van der Waals surface area contributed by atoms with Crippen LogP contribution in [0.15, 0.2) is 41.1 Å². The van der Waals surface area contributed by atoms with Crippen LogP contribution >= 0.6 is 0 Å². The predicted molar refractivity (Wildman–Crippen MR) is 56.3 cm³/mol. The molecule has 0 fully saturated rings. The van der Waals surface area contributed by atoms with Gasteiger partial charge < -0.3 is 4.74 Å². The molecular formula is C12H9NO2. The van der Waals surface area contributed by atoms with Crippen LogP contribution in [0.5, 0.6) is 5.75 Å². The Morgan fingerprint density at radius 1 is 1.33 bits per heavy atom. The van der Waals surface area contributed by atoms with E-state index in [0.29, 0.717) is 23.6 Å². The molecule has 0 aliphatic carbocycles. The summed E-state index contributed by atoms with van der Waals surface area (Å²) in [5.41, 5.74) is 0.664. The van der Waals surface area contributed by atoms with Gasteiger partial charge >= 0.3 is 0 Å². The van der Waals surface area contributed by atoms with Crippen molar-refractivity contribution < 1.29 is 9.53 Å². The van der Waals surface area contributed by atoms with Crippen molar-refractivity contribution in [2.75, 3.05) is 6.54 Å². The maximum Gasteiger partial charge on any atom is 0.179 e. The van der Waals surface area contributed by atoms with E-state index in [1.54, 1.807) is 18.4 Å². The lowest BCUT2D eigenvalue weighted by Crippen LogP contribution is -2.29. The standard InChI is InChI=1S/C12H9NO2/c14-12-8-3-1-2-4-10(8)15-11-5-6-13-7-9(11)12/h1-6,9H,7H2. The fourth-order valence-corrected chi connectivity index (χ4v) is 1.89. The number of carbonyl (C=O) groups is 1. The highest BCUT2D eigenvalue weighted by atomic mass is 16.5. The summed E-state index contributed by atoms with van der Waals surface area (Å²) in [6.07, 6.45) is 3.45. The van der Waals surface area contributed by atoms with Crippen LogP contribution in [0.1, 0.15) is 10.4 Å². The number of para-hydroxylation sites is 1. The number of hydrogen-bond donors (Lipinski definition) is 0. The zero-order valence-corrected chi connectivity index (χ0v) is 8.01. The van der Waals surface area contributed by atoms with Crippen molar-refractivity contribution in [3.8, 4) is 5.75 Å². The minimum atomic E-state index is -0.218. The molecule has 3 heteroatoms. The minimum absolute atomic E-state index is 0.111. The maximum atomic E-state index is 12.1. The molecule has 74 valence electrons. The van der Waals surface area contributed by atoms with E-state index in [2.05, 4.69) is 4.99 Å². The average Bonchev–Trinajstić information content (AvgIpc) is 2.30. The van der Waals surface area contributed by atoms with E-state index in [4.69, 9.17) is 4.74 Å². The lowest BCUT2D eigenvalue weighted by Gasteiger charge is -2.26. The third-order valence-corrected chi connectivity index (χ3v) is 2.67. The van der Waals surface area contributed by atoms with Crippen molar-refractivity contribution in [1.82, 2.24) is 0 Å². The summed E-state index contributed by atoms with van der Waals surface area (Å²) in [5.74, 6) is 1.26. The molecule has 0 aromatic heterocycles. The average molecular weight is 199 g/mol. The van der Waals surface area contributed by atoms with Gasteiger partial charge in [-0.05, 0) is 18.2 Å². The van der Waals surface area contributed by atoms with Gasteiger partial charge in [0.2, 0.25) is 0 Å². The Bertz CT molecular complexity index is 488. The molecule has 1 aromatic carbocycles. The number of aliphatic imine (C=N–C) groups is 1. The van der Waals surface area contributed by atoms with Crippen molar-refractivity contribution in [2.45, 2.75) is 0 Å². The van der Waals surface area contributed by atoms with Gasteiger partial charge in [0.15, 0.2) is 5.78 Å². The smallest absolute Gasteiger partial charge is 0.179 e. The van der Waals surface area contributed by atoms with Crippen LogP contribution in [-0.4, -0.2) is 18.5 Å². The van der Waals surface area contributed by atoms with E-state index in [-0.39, 0.29) is 11.7 Å². The van der Waals surface area contributed by atoms with Gasteiger partial charge in [-0.2, -0.15) is 0 Å². The second-order valence-electron chi connectivity index (χ2n) is 3.60. The molecule has 3 rings (SSSR count). The molecule has 0 radical (unpaired) electrons. The van der Waals surface area contributed by atoms with Crippen LogP contribution in [0.4, 0.5) is 0 Å². The van der Waals surface area contributed by atoms with Gasteiger partial charge in [0.1, 0.15) is 17.4 Å². The van der Waals surface area contributed by atoms with Gasteiger partial charge in [0, 0.05) is 6.21 Å². The SMILES string of the molecule is O=C1c2ccccc2OC2=CC=NCC12. The molecule has 0 bridgehead atoms. The molecule has 1 aromatic rings. The van der Waals surface area contributed by atoms with Crippen LogP contribution in [-0.2, 0) is 0 Å². The largest absolute Gasteiger partial charge is 0.460 e. The highest BCUT2D eigenvalue weighted by Gasteiger charge is 2.33. The summed E-state index contributed by atoms with van der Waals surface area (Å²) < 4.78 is 5.66. The molecule has 2 aliphatic rings. The number of allylic oxidation sites excluding steroid dienone is 1.